The molecule has 1 atom stereocenters. The molecule has 1 aromatic heterocycles. The lowest BCUT2D eigenvalue weighted by Gasteiger charge is -2.16. The molecule has 1 amide bonds. The lowest BCUT2D eigenvalue weighted by molar-refractivity contribution is -0.115. The predicted octanol–water partition coefficient (Wildman–Crippen LogP) is 2.69. The maximum absolute atomic E-state index is 12.9. The maximum Gasteiger partial charge on any atom is 0.242 e. The number of hydrogen-bond acceptors (Lipinski definition) is 6. The molecule has 0 spiro atoms. The third-order valence-corrected chi connectivity index (χ3v) is 4.76. The Kier molecular flexibility index (Phi) is 5.30. The van der Waals surface area contributed by atoms with Crippen molar-refractivity contribution in [3.05, 3.63) is 60.2 Å². The number of thioether (sulfide) groups is 1. The lowest BCUT2D eigenvalue weighted by Crippen LogP contribution is -2.19. The first kappa shape index (κ1) is 17.0. The molecule has 3 aromatic rings. The second-order valence-corrected chi connectivity index (χ2v) is 6.29. The van der Waals surface area contributed by atoms with Crippen molar-refractivity contribution >= 4 is 23.4 Å². The summed E-state index contributed by atoms with van der Waals surface area (Å²) in [6.45, 7) is 0. The summed E-state index contributed by atoms with van der Waals surface area (Å²) in [4.78, 5) is 12.9. The van der Waals surface area contributed by atoms with Crippen LogP contribution in [0.1, 0.15) is 10.8 Å². The Morgan fingerprint density at radius 3 is 2.68 bits per heavy atom. The summed E-state index contributed by atoms with van der Waals surface area (Å²) >= 11 is 1.30. The van der Waals surface area contributed by atoms with E-state index in [4.69, 9.17) is 4.74 Å². The standard InChI is InChI=1S/C17H17N5O2S/c1-22-17(19-20-21-22)25-15(12-7-4-3-5-8-12)16(23)18-13-9-6-10-14(11-13)24-2/h3-11,15H,1-2H3,(H,18,23)/t15-/m0/s1. The van der Waals surface area contributed by atoms with Gasteiger partial charge < -0.3 is 10.1 Å². The van der Waals surface area contributed by atoms with Gasteiger partial charge in [-0.05, 0) is 28.1 Å². The number of hydrogen-bond donors (Lipinski definition) is 1. The fourth-order valence-corrected chi connectivity index (χ4v) is 3.18. The molecule has 1 heterocycles. The minimum absolute atomic E-state index is 0.160. The third kappa shape index (κ3) is 4.16. The lowest BCUT2D eigenvalue weighted by atomic mass is 10.1. The molecule has 7 nitrogen and oxygen atoms in total. The minimum Gasteiger partial charge on any atom is -0.497 e. The van der Waals surface area contributed by atoms with Crippen LogP contribution in [0.2, 0.25) is 0 Å². The van der Waals surface area contributed by atoms with Crippen LogP contribution in [0.5, 0.6) is 5.75 Å². The molecule has 0 saturated heterocycles. The molecule has 1 N–H and O–H groups in total. The fraction of sp³-hybridized carbons (Fsp3) is 0.176. The summed E-state index contributed by atoms with van der Waals surface area (Å²) in [5, 5.41) is 14.4. The van der Waals surface area contributed by atoms with Gasteiger partial charge in [0.25, 0.3) is 0 Å². The van der Waals surface area contributed by atoms with E-state index in [1.165, 1.54) is 11.8 Å². The monoisotopic (exact) mass is 355 g/mol. The first-order chi connectivity index (χ1) is 12.2. The molecule has 0 fully saturated rings. The zero-order chi connectivity index (χ0) is 17.6. The fourth-order valence-electron chi connectivity index (χ4n) is 2.24. The Hall–Kier alpha value is -2.87. The van der Waals surface area contributed by atoms with Crippen LogP contribution < -0.4 is 10.1 Å². The Balaban J connectivity index is 1.85. The van der Waals surface area contributed by atoms with Crippen LogP contribution in [0.4, 0.5) is 5.69 Å². The van der Waals surface area contributed by atoms with Gasteiger partial charge in [0.2, 0.25) is 11.1 Å². The molecule has 0 aliphatic carbocycles. The molecule has 2 aromatic carbocycles. The summed E-state index contributed by atoms with van der Waals surface area (Å²) in [6.07, 6.45) is 0. The summed E-state index contributed by atoms with van der Waals surface area (Å²) in [5.74, 6) is 0.520. The smallest absolute Gasteiger partial charge is 0.242 e. The van der Waals surface area contributed by atoms with Gasteiger partial charge in [0.05, 0.1) is 7.11 Å². The van der Waals surface area contributed by atoms with E-state index in [-0.39, 0.29) is 5.91 Å². The normalized spacial score (nSPS) is 11.8. The van der Waals surface area contributed by atoms with Crippen molar-refractivity contribution in [2.45, 2.75) is 10.4 Å². The van der Waals surface area contributed by atoms with E-state index in [1.807, 2.05) is 48.5 Å². The van der Waals surface area contributed by atoms with Gasteiger partial charge in [-0.2, -0.15) is 0 Å². The number of rotatable bonds is 6. The molecule has 0 aliphatic rings. The topological polar surface area (TPSA) is 81.9 Å². The van der Waals surface area contributed by atoms with E-state index in [9.17, 15) is 4.79 Å². The molecule has 0 aliphatic heterocycles. The van der Waals surface area contributed by atoms with Gasteiger partial charge in [0.1, 0.15) is 11.0 Å². The van der Waals surface area contributed by atoms with Gasteiger partial charge in [-0.1, -0.05) is 48.2 Å². The van der Waals surface area contributed by atoms with Gasteiger partial charge in [-0.25, -0.2) is 4.68 Å². The van der Waals surface area contributed by atoms with E-state index in [0.29, 0.717) is 16.6 Å². The SMILES string of the molecule is COc1cccc(NC(=O)[C@@H](Sc2nnnn2C)c2ccccc2)c1. The van der Waals surface area contributed by atoms with E-state index >= 15 is 0 Å². The highest BCUT2D eigenvalue weighted by Gasteiger charge is 2.24. The predicted molar refractivity (Wildman–Crippen MR) is 95.5 cm³/mol. The number of methoxy groups -OCH3 is 1. The molecule has 25 heavy (non-hydrogen) atoms. The molecule has 8 heteroatoms. The van der Waals surface area contributed by atoms with Crippen LogP contribution in [-0.2, 0) is 11.8 Å². The van der Waals surface area contributed by atoms with Crippen molar-refractivity contribution in [3.63, 3.8) is 0 Å². The van der Waals surface area contributed by atoms with Gasteiger partial charge >= 0.3 is 0 Å². The van der Waals surface area contributed by atoms with Crippen molar-refractivity contribution in [2.75, 3.05) is 12.4 Å². The number of ether oxygens (including phenoxy) is 1. The molecule has 0 unspecified atom stereocenters. The number of anilines is 1. The number of carbonyl (C=O) groups is 1. The number of nitrogens with zero attached hydrogens (tertiary/aromatic N) is 4. The highest BCUT2D eigenvalue weighted by Crippen LogP contribution is 2.34. The summed E-state index contributed by atoms with van der Waals surface area (Å²) in [5.41, 5.74) is 1.54. The summed E-state index contributed by atoms with van der Waals surface area (Å²) in [7, 11) is 3.33. The van der Waals surface area contributed by atoms with Gasteiger partial charge in [0.15, 0.2) is 0 Å². The molecule has 128 valence electrons. The Bertz CT molecular complexity index is 853. The van der Waals surface area contributed by atoms with Crippen molar-refractivity contribution in [1.29, 1.82) is 0 Å². The van der Waals surface area contributed by atoms with Gasteiger partial charge in [0, 0.05) is 18.8 Å². The average Bonchev–Trinajstić information content (AvgIpc) is 3.05. The quantitative estimate of drug-likeness (QED) is 0.685. The van der Waals surface area contributed by atoms with Crippen molar-refractivity contribution in [3.8, 4) is 5.75 Å². The zero-order valence-electron chi connectivity index (χ0n) is 13.8. The number of aryl methyl sites for hydroxylation is 1. The number of tetrazole rings is 1. The van der Waals surface area contributed by atoms with Crippen LogP contribution >= 0.6 is 11.8 Å². The zero-order valence-corrected chi connectivity index (χ0v) is 14.6. The van der Waals surface area contributed by atoms with Crippen LogP contribution in [-0.4, -0.2) is 33.2 Å². The largest absolute Gasteiger partial charge is 0.497 e. The first-order valence-corrected chi connectivity index (χ1v) is 8.44. The second-order valence-electron chi connectivity index (χ2n) is 5.21. The number of nitrogens with one attached hydrogen (secondary N) is 1. The average molecular weight is 355 g/mol. The van der Waals surface area contributed by atoms with E-state index in [2.05, 4.69) is 20.8 Å². The molecular weight excluding hydrogens is 338 g/mol. The van der Waals surface area contributed by atoms with Gasteiger partial charge in [-0.3, -0.25) is 4.79 Å². The van der Waals surface area contributed by atoms with Crippen molar-refractivity contribution in [1.82, 2.24) is 20.2 Å². The molecular formula is C17H17N5O2S. The molecule has 0 radical (unpaired) electrons. The molecule has 3 rings (SSSR count). The Labute approximate surface area is 149 Å². The number of benzene rings is 2. The first-order valence-electron chi connectivity index (χ1n) is 7.56. The molecule has 0 saturated carbocycles. The highest BCUT2D eigenvalue weighted by atomic mass is 32.2. The summed E-state index contributed by atoms with van der Waals surface area (Å²) in [6, 6.07) is 16.8. The molecule has 0 bridgehead atoms. The van der Waals surface area contributed by atoms with Crippen molar-refractivity contribution < 1.29 is 9.53 Å². The Morgan fingerprint density at radius 2 is 2.00 bits per heavy atom. The van der Waals surface area contributed by atoms with Crippen LogP contribution in [0.15, 0.2) is 59.8 Å². The highest BCUT2D eigenvalue weighted by molar-refractivity contribution is 8.00. The summed E-state index contributed by atoms with van der Waals surface area (Å²) < 4.78 is 6.74. The van der Waals surface area contributed by atoms with Crippen LogP contribution in [0.3, 0.4) is 0 Å². The van der Waals surface area contributed by atoms with E-state index in [0.717, 1.165) is 5.56 Å². The van der Waals surface area contributed by atoms with E-state index < -0.39 is 5.25 Å². The maximum atomic E-state index is 12.9. The van der Waals surface area contributed by atoms with Crippen LogP contribution in [0, 0.1) is 0 Å². The van der Waals surface area contributed by atoms with Crippen LogP contribution in [0.25, 0.3) is 0 Å². The number of amides is 1. The van der Waals surface area contributed by atoms with E-state index in [1.54, 1.807) is 24.9 Å². The Morgan fingerprint density at radius 1 is 1.20 bits per heavy atom. The third-order valence-electron chi connectivity index (χ3n) is 3.48. The number of aromatic nitrogens is 4. The number of carbonyl (C=O) groups excluding carboxylic acids is 1. The minimum atomic E-state index is -0.489. The van der Waals surface area contributed by atoms with Crippen molar-refractivity contribution in [2.24, 2.45) is 7.05 Å². The second kappa shape index (κ2) is 7.80. The van der Waals surface area contributed by atoms with Gasteiger partial charge in [-0.15, -0.1) is 5.10 Å².